The van der Waals surface area contributed by atoms with E-state index in [-0.39, 0.29) is 28.9 Å². The number of hydrogen-bond donors (Lipinski definition) is 2. The summed E-state index contributed by atoms with van der Waals surface area (Å²) in [5.74, 6) is 1.75. The molecular weight excluding hydrogens is 290 g/mol. The van der Waals surface area contributed by atoms with Gasteiger partial charge in [-0.1, -0.05) is 5.16 Å². The summed E-state index contributed by atoms with van der Waals surface area (Å²) in [5, 5.41) is 9.00. The molecule has 7 heteroatoms. The van der Waals surface area contributed by atoms with Gasteiger partial charge in [-0.05, 0) is 39.5 Å². The van der Waals surface area contributed by atoms with Crippen molar-refractivity contribution in [3.8, 4) is 0 Å². The van der Waals surface area contributed by atoms with Crippen LogP contribution < -0.4 is 10.6 Å². The standard InChI is InChI=1S/C14H21N3O3S/c1-8-6-12(17-20-8)16-14(19)10(3)21-7-13(18)15-9(2)11-4-5-11/h6,9-11H,4-5,7H2,1-3H3,(H,15,18)(H,16,17,19). The Kier molecular flexibility index (Phi) is 5.27. The van der Waals surface area contributed by atoms with Gasteiger partial charge in [-0.2, -0.15) is 0 Å². The van der Waals surface area contributed by atoms with Crippen molar-refractivity contribution in [3.63, 3.8) is 0 Å². The molecule has 2 unspecified atom stereocenters. The minimum absolute atomic E-state index is 0.0173. The lowest BCUT2D eigenvalue weighted by atomic mass is 10.2. The van der Waals surface area contributed by atoms with Gasteiger partial charge in [0.15, 0.2) is 5.82 Å². The average molecular weight is 311 g/mol. The van der Waals surface area contributed by atoms with E-state index in [4.69, 9.17) is 4.52 Å². The molecule has 1 aromatic rings. The number of aromatic nitrogens is 1. The van der Waals surface area contributed by atoms with E-state index in [1.807, 2.05) is 6.92 Å². The van der Waals surface area contributed by atoms with Crippen LogP contribution in [-0.2, 0) is 9.59 Å². The number of amides is 2. The second kappa shape index (κ2) is 6.98. The van der Waals surface area contributed by atoms with Gasteiger partial charge in [-0.25, -0.2) is 0 Å². The Bertz CT molecular complexity index is 513. The van der Waals surface area contributed by atoms with E-state index in [1.165, 1.54) is 24.6 Å². The van der Waals surface area contributed by atoms with Crippen molar-refractivity contribution in [1.29, 1.82) is 0 Å². The molecule has 21 heavy (non-hydrogen) atoms. The van der Waals surface area contributed by atoms with Crippen LogP contribution in [0, 0.1) is 12.8 Å². The molecule has 0 aliphatic heterocycles. The molecule has 2 N–H and O–H groups in total. The lowest BCUT2D eigenvalue weighted by molar-refractivity contribution is -0.119. The van der Waals surface area contributed by atoms with E-state index in [9.17, 15) is 9.59 Å². The van der Waals surface area contributed by atoms with Gasteiger partial charge in [0.05, 0.1) is 11.0 Å². The largest absolute Gasteiger partial charge is 0.360 e. The molecule has 0 bridgehead atoms. The van der Waals surface area contributed by atoms with Gasteiger partial charge >= 0.3 is 0 Å². The molecule has 0 saturated heterocycles. The number of carbonyl (C=O) groups excluding carboxylic acids is 2. The average Bonchev–Trinajstić information content (AvgIpc) is 3.20. The number of nitrogens with one attached hydrogen (secondary N) is 2. The van der Waals surface area contributed by atoms with Crippen molar-refractivity contribution in [2.45, 2.75) is 44.9 Å². The molecule has 1 aliphatic rings. The summed E-state index contributed by atoms with van der Waals surface area (Å²) in [7, 11) is 0. The zero-order valence-electron chi connectivity index (χ0n) is 12.5. The van der Waals surface area contributed by atoms with Crippen LogP contribution in [0.4, 0.5) is 5.82 Å². The molecule has 1 saturated carbocycles. The van der Waals surface area contributed by atoms with E-state index in [2.05, 4.69) is 15.8 Å². The molecule has 2 amide bonds. The van der Waals surface area contributed by atoms with Gasteiger partial charge < -0.3 is 15.2 Å². The van der Waals surface area contributed by atoms with Gasteiger partial charge in [-0.15, -0.1) is 11.8 Å². The molecule has 116 valence electrons. The fourth-order valence-corrected chi connectivity index (χ4v) is 2.63. The molecule has 2 rings (SSSR count). The van der Waals surface area contributed by atoms with E-state index in [0.29, 0.717) is 17.5 Å². The number of hydrogen-bond acceptors (Lipinski definition) is 5. The summed E-state index contributed by atoms with van der Waals surface area (Å²) in [6.45, 7) is 5.56. The molecule has 0 spiro atoms. The molecule has 1 heterocycles. The molecule has 2 atom stereocenters. The normalized spacial score (nSPS) is 17.1. The Labute approximate surface area is 128 Å². The van der Waals surface area contributed by atoms with Crippen molar-refractivity contribution in [2.24, 2.45) is 5.92 Å². The third-order valence-corrected chi connectivity index (χ3v) is 4.57. The highest BCUT2D eigenvalue weighted by atomic mass is 32.2. The Morgan fingerprint density at radius 1 is 1.48 bits per heavy atom. The first-order chi connectivity index (χ1) is 9.95. The SMILES string of the molecule is Cc1cc(NC(=O)C(C)SCC(=O)NC(C)C2CC2)no1. The molecule has 0 aromatic carbocycles. The molecule has 1 aromatic heterocycles. The van der Waals surface area contributed by atoms with E-state index in [1.54, 1.807) is 19.9 Å². The second-order valence-electron chi connectivity index (χ2n) is 5.46. The Morgan fingerprint density at radius 3 is 2.76 bits per heavy atom. The maximum atomic E-state index is 11.9. The summed E-state index contributed by atoms with van der Waals surface area (Å²) in [4.78, 5) is 23.7. The molecule has 0 radical (unpaired) electrons. The molecule has 1 aliphatic carbocycles. The number of nitrogens with zero attached hydrogens (tertiary/aromatic N) is 1. The van der Waals surface area contributed by atoms with E-state index < -0.39 is 0 Å². The highest BCUT2D eigenvalue weighted by Gasteiger charge is 2.29. The summed E-state index contributed by atoms with van der Waals surface area (Å²) in [6, 6.07) is 1.89. The quantitative estimate of drug-likeness (QED) is 0.804. The van der Waals surface area contributed by atoms with Crippen LogP contribution in [0.5, 0.6) is 0 Å². The minimum atomic E-state index is -0.330. The summed E-state index contributed by atoms with van der Waals surface area (Å²) in [5.41, 5.74) is 0. The molecular formula is C14H21N3O3S. The van der Waals surface area contributed by atoms with Gasteiger partial charge in [-0.3, -0.25) is 9.59 Å². The highest BCUT2D eigenvalue weighted by Crippen LogP contribution is 2.32. The third kappa shape index (κ3) is 5.08. The monoisotopic (exact) mass is 311 g/mol. The van der Waals surface area contributed by atoms with Crippen molar-refractivity contribution in [1.82, 2.24) is 10.5 Å². The van der Waals surface area contributed by atoms with Crippen molar-refractivity contribution in [3.05, 3.63) is 11.8 Å². The van der Waals surface area contributed by atoms with Crippen LogP contribution in [0.25, 0.3) is 0 Å². The van der Waals surface area contributed by atoms with Crippen LogP contribution >= 0.6 is 11.8 Å². The summed E-state index contributed by atoms with van der Waals surface area (Å²) in [6.07, 6.45) is 2.40. The first-order valence-corrected chi connectivity index (χ1v) is 8.15. The molecule has 6 nitrogen and oxygen atoms in total. The predicted molar refractivity (Wildman–Crippen MR) is 82.1 cm³/mol. The van der Waals surface area contributed by atoms with Crippen molar-refractivity contribution >= 4 is 29.4 Å². The lowest BCUT2D eigenvalue weighted by Gasteiger charge is -2.14. The van der Waals surface area contributed by atoms with Gasteiger partial charge in [0.1, 0.15) is 5.76 Å². The van der Waals surface area contributed by atoms with Gasteiger partial charge in [0.25, 0.3) is 0 Å². The van der Waals surface area contributed by atoms with E-state index >= 15 is 0 Å². The minimum Gasteiger partial charge on any atom is -0.360 e. The zero-order chi connectivity index (χ0) is 15.4. The predicted octanol–water partition coefficient (Wildman–Crippen LogP) is 1.96. The van der Waals surface area contributed by atoms with Crippen molar-refractivity contribution < 1.29 is 14.1 Å². The number of anilines is 1. The topological polar surface area (TPSA) is 84.2 Å². The second-order valence-corrected chi connectivity index (χ2v) is 6.79. The summed E-state index contributed by atoms with van der Waals surface area (Å²) >= 11 is 1.31. The highest BCUT2D eigenvalue weighted by molar-refractivity contribution is 8.01. The van der Waals surface area contributed by atoms with Crippen LogP contribution in [0.1, 0.15) is 32.4 Å². The van der Waals surface area contributed by atoms with Gasteiger partial charge in [0.2, 0.25) is 11.8 Å². The number of thioether (sulfide) groups is 1. The number of carbonyl (C=O) groups is 2. The smallest absolute Gasteiger partial charge is 0.238 e. The van der Waals surface area contributed by atoms with Crippen LogP contribution in [0.15, 0.2) is 10.6 Å². The Balaban J connectivity index is 1.69. The van der Waals surface area contributed by atoms with Crippen LogP contribution in [0.2, 0.25) is 0 Å². The lowest BCUT2D eigenvalue weighted by Crippen LogP contribution is -2.36. The Hall–Kier alpha value is -1.50. The first kappa shape index (κ1) is 15.9. The number of aryl methyl sites for hydroxylation is 1. The van der Waals surface area contributed by atoms with Gasteiger partial charge in [0, 0.05) is 12.1 Å². The fraction of sp³-hybridized carbons (Fsp3) is 0.643. The van der Waals surface area contributed by atoms with Crippen molar-refractivity contribution in [2.75, 3.05) is 11.1 Å². The third-order valence-electron chi connectivity index (χ3n) is 3.43. The molecule has 1 fully saturated rings. The summed E-state index contributed by atoms with van der Waals surface area (Å²) < 4.78 is 4.88. The Morgan fingerprint density at radius 2 is 2.19 bits per heavy atom. The first-order valence-electron chi connectivity index (χ1n) is 7.11. The fourth-order valence-electron chi connectivity index (χ4n) is 1.94. The maximum absolute atomic E-state index is 11.9. The maximum Gasteiger partial charge on any atom is 0.238 e. The van der Waals surface area contributed by atoms with Crippen LogP contribution in [0.3, 0.4) is 0 Å². The van der Waals surface area contributed by atoms with Crippen LogP contribution in [-0.4, -0.2) is 34.0 Å². The van der Waals surface area contributed by atoms with E-state index in [0.717, 1.165) is 0 Å². The zero-order valence-corrected chi connectivity index (χ0v) is 13.3. The number of rotatable bonds is 7.